The van der Waals surface area contributed by atoms with E-state index in [1.165, 1.54) is 7.05 Å². The number of carbonyl (C=O) groups is 3. The normalized spacial score (nSPS) is 16.4. The van der Waals surface area contributed by atoms with E-state index in [2.05, 4.69) is 10.6 Å². The number of nitrogens with one attached hydrogen (secondary N) is 2. The van der Waals surface area contributed by atoms with Crippen molar-refractivity contribution in [2.24, 2.45) is 0 Å². The van der Waals surface area contributed by atoms with Crippen molar-refractivity contribution in [1.82, 2.24) is 10.6 Å². The molecular formula is C22H24N2O6. The summed E-state index contributed by atoms with van der Waals surface area (Å²) in [5.41, 5.74) is 0.705. The van der Waals surface area contributed by atoms with E-state index in [0.29, 0.717) is 17.9 Å². The standard InChI is InChI=1S/C22H24N2O6/c1-23-22(27)24-20(25)19(15-6-3-2-4-7-15)30-21(26)16-9-11-17(12-10-16)29-14-18-8-5-13-28-18/h2-4,6-7,9-12,18-19H,5,8,13-14H2,1H3,(H2,23,24,25,27)/t18-,19+/m0/s1. The van der Waals surface area contributed by atoms with E-state index >= 15 is 0 Å². The third kappa shape index (κ3) is 5.81. The van der Waals surface area contributed by atoms with Gasteiger partial charge >= 0.3 is 12.0 Å². The predicted molar refractivity (Wildman–Crippen MR) is 108 cm³/mol. The predicted octanol–water partition coefficient (Wildman–Crippen LogP) is 2.60. The highest BCUT2D eigenvalue weighted by Gasteiger charge is 2.27. The van der Waals surface area contributed by atoms with Crippen LogP contribution in [0.2, 0.25) is 0 Å². The molecule has 8 nitrogen and oxygen atoms in total. The van der Waals surface area contributed by atoms with Gasteiger partial charge in [0, 0.05) is 19.2 Å². The molecule has 2 aromatic carbocycles. The smallest absolute Gasteiger partial charge is 0.339 e. The van der Waals surface area contributed by atoms with Crippen LogP contribution in [0.15, 0.2) is 54.6 Å². The third-order valence-corrected chi connectivity index (χ3v) is 4.58. The topological polar surface area (TPSA) is 103 Å². The van der Waals surface area contributed by atoms with Crippen molar-refractivity contribution in [3.8, 4) is 5.75 Å². The summed E-state index contributed by atoms with van der Waals surface area (Å²) in [6.45, 7) is 1.22. The van der Waals surface area contributed by atoms with Gasteiger partial charge in [0.25, 0.3) is 5.91 Å². The summed E-state index contributed by atoms with van der Waals surface area (Å²) in [7, 11) is 1.38. The van der Waals surface area contributed by atoms with Crippen molar-refractivity contribution in [1.29, 1.82) is 0 Å². The fourth-order valence-electron chi connectivity index (χ4n) is 2.97. The first-order valence-corrected chi connectivity index (χ1v) is 9.70. The molecular weight excluding hydrogens is 388 g/mol. The molecule has 1 aliphatic rings. The summed E-state index contributed by atoms with van der Waals surface area (Å²) in [5, 5.41) is 4.43. The Morgan fingerprint density at radius 3 is 2.47 bits per heavy atom. The zero-order valence-electron chi connectivity index (χ0n) is 16.6. The van der Waals surface area contributed by atoms with Gasteiger partial charge in [0.15, 0.2) is 0 Å². The quantitative estimate of drug-likeness (QED) is 0.678. The Morgan fingerprint density at radius 1 is 1.10 bits per heavy atom. The molecule has 2 aromatic rings. The highest BCUT2D eigenvalue weighted by atomic mass is 16.5. The maximum atomic E-state index is 12.6. The highest BCUT2D eigenvalue weighted by molar-refractivity contribution is 5.99. The van der Waals surface area contributed by atoms with E-state index in [9.17, 15) is 14.4 Å². The molecule has 1 fully saturated rings. The molecule has 1 heterocycles. The van der Waals surface area contributed by atoms with Gasteiger partial charge in [-0.25, -0.2) is 9.59 Å². The van der Waals surface area contributed by atoms with Gasteiger partial charge in [-0.15, -0.1) is 0 Å². The Hall–Kier alpha value is -3.39. The molecule has 2 N–H and O–H groups in total. The molecule has 0 saturated carbocycles. The van der Waals surface area contributed by atoms with Crippen LogP contribution >= 0.6 is 0 Å². The lowest BCUT2D eigenvalue weighted by Gasteiger charge is -2.17. The second kappa shape index (κ2) is 10.4. The summed E-state index contributed by atoms with van der Waals surface area (Å²) < 4.78 is 16.6. The van der Waals surface area contributed by atoms with Crippen LogP contribution < -0.4 is 15.4 Å². The van der Waals surface area contributed by atoms with Crippen LogP contribution in [0.1, 0.15) is 34.9 Å². The van der Waals surface area contributed by atoms with Crippen LogP contribution in [0.3, 0.4) is 0 Å². The number of urea groups is 1. The molecule has 1 aliphatic heterocycles. The second-order valence-electron chi connectivity index (χ2n) is 6.73. The van der Waals surface area contributed by atoms with Crippen molar-refractivity contribution >= 4 is 17.9 Å². The molecule has 0 spiro atoms. The molecule has 0 aliphatic carbocycles. The molecule has 0 unspecified atom stereocenters. The number of benzene rings is 2. The van der Waals surface area contributed by atoms with Crippen LogP contribution in [0.25, 0.3) is 0 Å². The van der Waals surface area contributed by atoms with Gasteiger partial charge in [-0.3, -0.25) is 10.1 Å². The molecule has 158 valence electrons. The minimum absolute atomic E-state index is 0.0973. The number of imide groups is 1. The zero-order valence-corrected chi connectivity index (χ0v) is 16.6. The fraction of sp³-hybridized carbons (Fsp3) is 0.318. The second-order valence-corrected chi connectivity index (χ2v) is 6.73. The zero-order chi connectivity index (χ0) is 21.3. The molecule has 0 radical (unpaired) electrons. The van der Waals surface area contributed by atoms with Gasteiger partial charge in [-0.1, -0.05) is 30.3 Å². The van der Waals surface area contributed by atoms with E-state index in [-0.39, 0.29) is 11.7 Å². The maximum absolute atomic E-state index is 12.6. The van der Waals surface area contributed by atoms with Gasteiger partial charge < -0.3 is 19.5 Å². The Morgan fingerprint density at radius 2 is 1.83 bits per heavy atom. The van der Waals surface area contributed by atoms with Crippen LogP contribution in [-0.4, -0.2) is 44.3 Å². The first-order chi connectivity index (χ1) is 14.6. The van der Waals surface area contributed by atoms with Gasteiger partial charge in [0.2, 0.25) is 6.10 Å². The van der Waals surface area contributed by atoms with Gasteiger partial charge in [-0.2, -0.15) is 0 Å². The number of ether oxygens (including phenoxy) is 3. The lowest BCUT2D eigenvalue weighted by Crippen LogP contribution is -2.41. The minimum Gasteiger partial charge on any atom is -0.491 e. The first-order valence-electron chi connectivity index (χ1n) is 9.70. The minimum atomic E-state index is -1.27. The van der Waals surface area contributed by atoms with E-state index in [0.717, 1.165) is 19.4 Å². The van der Waals surface area contributed by atoms with Crippen LogP contribution in [0.5, 0.6) is 5.75 Å². The molecule has 30 heavy (non-hydrogen) atoms. The Kier molecular flexibility index (Phi) is 7.40. The summed E-state index contributed by atoms with van der Waals surface area (Å²) >= 11 is 0. The Bertz CT molecular complexity index is 863. The van der Waals surface area contributed by atoms with Gasteiger partial charge in [0.05, 0.1) is 11.7 Å². The summed E-state index contributed by atoms with van der Waals surface area (Å²) in [4.78, 5) is 36.6. The van der Waals surface area contributed by atoms with Crippen molar-refractivity contribution in [3.05, 3.63) is 65.7 Å². The third-order valence-electron chi connectivity index (χ3n) is 4.58. The maximum Gasteiger partial charge on any atom is 0.339 e. The molecule has 0 aromatic heterocycles. The molecule has 3 rings (SSSR count). The highest BCUT2D eigenvalue weighted by Crippen LogP contribution is 2.21. The number of hydrogen-bond donors (Lipinski definition) is 2. The van der Waals surface area contributed by atoms with Crippen molar-refractivity contribution in [2.45, 2.75) is 25.0 Å². The van der Waals surface area contributed by atoms with Crippen LogP contribution in [-0.2, 0) is 14.3 Å². The van der Waals surface area contributed by atoms with E-state index in [1.54, 1.807) is 54.6 Å². The lowest BCUT2D eigenvalue weighted by molar-refractivity contribution is -0.129. The van der Waals surface area contributed by atoms with Crippen molar-refractivity contribution < 1.29 is 28.6 Å². The molecule has 0 bridgehead atoms. The average molecular weight is 412 g/mol. The first kappa shape index (κ1) is 21.3. The Balaban J connectivity index is 1.65. The fourth-order valence-corrected chi connectivity index (χ4v) is 2.97. The lowest BCUT2D eigenvalue weighted by atomic mass is 10.1. The Labute approximate surface area is 174 Å². The van der Waals surface area contributed by atoms with Crippen LogP contribution in [0.4, 0.5) is 4.79 Å². The SMILES string of the molecule is CNC(=O)NC(=O)[C@H](OC(=O)c1ccc(OC[C@@H]2CCCO2)cc1)c1ccccc1. The average Bonchev–Trinajstić information content (AvgIpc) is 3.30. The van der Waals surface area contributed by atoms with E-state index < -0.39 is 24.0 Å². The molecule has 8 heteroatoms. The van der Waals surface area contributed by atoms with Crippen molar-refractivity contribution in [2.75, 3.05) is 20.3 Å². The number of amides is 3. The van der Waals surface area contributed by atoms with Crippen molar-refractivity contribution in [3.63, 3.8) is 0 Å². The van der Waals surface area contributed by atoms with Crippen LogP contribution in [0, 0.1) is 0 Å². The number of carbonyl (C=O) groups excluding carboxylic acids is 3. The van der Waals surface area contributed by atoms with E-state index in [4.69, 9.17) is 14.2 Å². The van der Waals surface area contributed by atoms with Gasteiger partial charge in [0.1, 0.15) is 12.4 Å². The number of esters is 1. The largest absolute Gasteiger partial charge is 0.491 e. The summed E-state index contributed by atoms with van der Waals surface area (Å²) in [6, 6.07) is 14.2. The molecule has 3 amide bonds. The van der Waals surface area contributed by atoms with Gasteiger partial charge in [-0.05, 0) is 37.1 Å². The van der Waals surface area contributed by atoms with E-state index in [1.807, 2.05) is 0 Å². The summed E-state index contributed by atoms with van der Waals surface area (Å²) in [5.74, 6) is -0.828. The monoisotopic (exact) mass is 412 g/mol. The molecule has 1 saturated heterocycles. The summed E-state index contributed by atoms with van der Waals surface area (Å²) in [6.07, 6.45) is 0.838. The molecule has 2 atom stereocenters. The number of rotatable bonds is 7. The number of hydrogen-bond acceptors (Lipinski definition) is 6.